The minimum Gasteiger partial charge on any atom is -0.493 e. The van der Waals surface area contributed by atoms with Gasteiger partial charge in [0.05, 0.1) is 18.0 Å². The van der Waals surface area contributed by atoms with Crippen molar-refractivity contribution >= 4 is 22.8 Å². The van der Waals surface area contributed by atoms with Gasteiger partial charge in [0.25, 0.3) is 5.91 Å². The lowest BCUT2D eigenvalue weighted by Crippen LogP contribution is -2.14. The van der Waals surface area contributed by atoms with Crippen LogP contribution in [0.3, 0.4) is 0 Å². The van der Waals surface area contributed by atoms with E-state index in [0.29, 0.717) is 24.6 Å². The molecule has 1 aliphatic heterocycles. The number of pyridine rings is 1. The number of methoxy groups -OCH3 is 1. The highest BCUT2D eigenvalue weighted by molar-refractivity contribution is 8.15. The highest BCUT2D eigenvalue weighted by Crippen LogP contribution is 2.24. The number of amides is 1. The van der Waals surface area contributed by atoms with Gasteiger partial charge in [-0.3, -0.25) is 9.78 Å². The van der Waals surface area contributed by atoms with Crippen molar-refractivity contribution in [2.24, 2.45) is 10.7 Å². The van der Waals surface area contributed by atoms with Crippen molar-refractivity contribution in [3.63, 3.8) is 0 Å². The summed E-state index contributed by atoms with van der Waals surface area (Å²) >= 11 is 1.32. The number of amidine groups is 1. The fourth-order valence-electron chi connectivity index (χ4n) is 2.83. The quantitative estimate of drug-likeness (QED) is 0.596. The van der Waals surface area contributed by atoms with E-state index in [0.717, 1.165) is 22.6 Å². The second-order valence-corrected chi connectivity index (χ2v) is 7.86. The summed E-state index contributed by atoms with van der Waals surface area (Å²) in [5, 5.41) is 0.122. The first kappa shape index (κ1) is 21.3. The van der Waals surface area contributed by atoms with E-state index in [-0.39, 0.29) is 24.1 Å². The van der Waals surface area contributed by atoms with Gasteiger partial charge < -0.3 is 19.9 Å². The molecule has 0 aliphatic carbocycles. The third-order valence-corrected chi connectivity index (χ3v) is 5.47. The normalized spacial score (nSPS) is 17.2. The van der Waals surface area contributed by atoms with Crippen LogP contribution in [0.1, 0.15) is 29.8 Å². The monoisotopic (exact) mass is 415 g/mol. The van der Waals surface area contributed by atoms with Crippen LogP contribution < -0.4 is 10.5 Å². The number of aromatic nitrogens is 1. The van der Waals surface area contributed by atoms with Crippen LogP contribution in [0.5, 0.6) is 5.75 Å². The molecule has 2 atom stereocenters. The molecular formula is C21H25N3O4S. The van der Waals surface area contributed by atoms with Crippen LogP contribution in [0.4, 0.5) is 0 Å². The van der Waals surface area contributed by atoms with Crippen molar-refractivity contribution in [1.82, 2.24) is 4.98 Å². The smallest absolute Gasteiger partial charge is 0.261 e. The Kier molecular flexibility index (Phi) is 7.62. The third-order valence-electron chi connectivity index (χ3n) is 4.48. The Hall–Kier alpha value is -2.42. The van der Waals surface area contributed by atoms with Gasteiger partial charge >= 0.3 is 0 Å². The van der Waals surface area contributed by atoms with E-state index < -0.39 is 0 Å². The van der Waals surface area contributed by atoms with Gasteiger partial charge in [0.2, 0.25) is 0 Å². The van der Waals surface area contributed by atoms with Gasteiger partial charge in [-0.25, -0.2) is 0 Å². The standard InChI is InChI=1S/C21H25N3O4S/c1-14(28-13-26-2)16-5-6-17(23-12-16)9-10-27-18-7-3-15(4-8-18)11-19-20(25)24-21(22)29-19/h3-8,12,14,19H,9-11,13H2,1-2H3,(H2,22,24,25). The average Bonchev–Trinajstić information content (AvgIpc) is 3.04. The number of ether oxygens (including phenoxy) is 3. The Morgan fingerprint density at radius 1 is 1.21 bits per heavy atom. The zero-order valence-electron chi connectivity index (χ0n) is 16.5. The zero-order chi connectivity index (χ0) is 20.6. The van der Waals surface area contributed by atoms with Gasteiger partial charge in [0.1, 0.15) is 12.5 Å². The predicted octanol–water partition coefficient (Wildman–Crippen LogP) is 2.88. The summed E-state index contributed by atoms with van der Waals surface area (Å²) < 4.78 is 16.2. The Balaban J connectivity index is 1.43. The summed E-state index contributed by atoms with van der Waals surface area (Å²) in [6.07, 6.45) is 3.08. The summed E-state index contributed by atoms with van der Waals surface area (Å²) in [4.78, 5) is 19.9. The van der Waals surface area contributed by atoms with Crippen molar-refractivity contribution in [2.75, 3.05) is 20.5 Å². The number of aliphatic imine (C=N–C) groups is 1. The molecule has 2 N–H and O–H groups in total. The lowest BCUT2D eigenvalue weighted by Gasteiger charge is -2.13. The predicted molar refractivity (Wildman–Crippen MR) is 113 cm³/mol. The number of hydrogen-bond acceptors (Lipinski definition) is 7. The Labute approximate surface area is 174 Å². The van der Waals surface area contributed by atoms with Crippen molar-refractivity contribution in [3.8, 4) is 5.75 Å². The molecule has 7 nitrogen and oxygen atoms in total. The molecule has 2 heterocycles. The summed E-state index contributed by atoms with van der Waals surface area (Å²) in [6.45, 7) is 2.75. The van der Waals surface area contributed by atoms with Gasteiger partial charge in [-0.2, -0.15) is 4.99 Å². The number of nitrogens with two attached hydrogens (primary N) is 1. The number of benzene rings is 1. The highest BCUT2D eigenvalue weighted by atomic mass is 32.2. The van der Waals surface area contributed by atoms with Crippen molar-refractivity contribution < 1.29 is 19.0 Å². The van der Waals surface area contributed by atoms with Crippen LogP contribution in [-0.2, 0) is 27.1 Å². The molecule has 29 heavy (non-hydrogen) atoms. The van der Waals surface area contributed by atoms with Gasteiger partial charge in [0.15, 0.2) is 5.17 Å². The molecule has 2 unspecified atom stereocenters. The number of rotatable bonds is 10. The maximum absolute atomic E-state index is 11.7. The van der Waals surface area contributed by atoms with Crippen LogP contribution >= 0.6 is 11.8 Å². The summed E-state index contributed by atoms with van der Waals surface area (Å²) in [7, 11) is 1.60. The van der Waals surface area contributed by atoms with Gasteiger partial charge in [-0.15, -0.1) is 0 Å². The van der Waals surface area contributed by atoms with Gasteiger partial charge in [-0.1, -0.05) is 30.0 Å². The fraction of sp³-hybridized carbons (Fsp3) is 0.381. The molecule has 1 amide bonds. The molecule has 1 aromatic heterocycles. The van der Waals surface area contributed by atoms with E-state index in [2.05, 4.69) is 9.98 Å². The lowest BCUT2D eigenvalue weighted by molar-refractivity contribution is -0.117. The molecule has 0 bridgehead atoms. The maximum Gasteiger partial charge on any atom is 0.261 e. The second kappa shape index (κ2) is 10.4. The second-order valence-electron chi connectivity index (χ2n) is 6.64. The molecular weight excluding hydrogens is 390 g/mol. The SMILES string of the molecule is COCOC(C)c1ccc(CCOc2ccc(CC3SC(N)=NC3=O)cc2)nc1. The van der Waals surface area contributed by atoms with Gasteiger partial charge in [0, 0.05) is 25.4 Å². The first-order valence-corrected chi connectivity index (χ1v) is 10.2. The fourth-order valence-corrected chi connectivity index (χ4v) is 3.70. The topological polar surface area (TPSA) is 96.0 Å². The molecule has 0 saturated heterocycles. The van der Waals surface area contributed by atoms with Crippen molar-refractivity contribution in [1.29, 1.82) is 0 Å². The van der Waals surface area contributed by atoms with Crippen molar-refractivity contribution in [2.45, 2.75) is 31.1 Å². The molecule has 0 saturated carbocycles. The van der Waals surface area contributed by atoms with Crippen LogP contribution in [-0.4, -0.2) is 41.8 Å². The van der Waals surface area contributed by atoms with Crippen LogP contribution in [0, 0.1) is 0 Å². The minimum absolute atomic E-state index is 0.0628. The van der Waals surface area contributed by atoms with E-state index >= 15 is 0 Å². The van der Waals surface area contributed by atoms with E-state index in [1.807, 2.05) is 49.5 Å². The van der Waals surface area contributed by atoms with Crippen LogP contribution in [0.2, 0.25) is 0 Å². The molecule has 0 fully saturated rings. The van der Waals surface area contributed by atoms with E-state index in [1.165, 1.54) is 11.8 Å². The van der Waals surface area contributed by atoms with E-state index in [1.54, 1.807) is 7.11 Å². The molecule has 8 heteroatoms. The summed E-state index contributed by atoms with van der Waals surface area (Å²) in [5.41, 5.74) is 8.61. The maximum atomic E-state index is 11.7. The number of carbonyl (C=O) groups is 1. The Bertz CT molecular complexity index is 840. The molecule has 2 aromatic rings. The molecule has 1 aromatic carbocycles. The molecule has 3 rings (SSSR count). The van der Waals surface area contributed by atoms with Gasteiger partial charge in [-0.05, 0) is 42.7 Å². The lowest BCUT2D eigenvalue weighted by atomic mass is 10.1. The number of thioether (sulfide) groups is 1. The number of hydrogen-bond donors (Lipinski definition) is 1. The van der Waals surface area contributed by atoms with E-state index in [9.17, 15) is 4.79 Å². The third kappa shape index (κ3) is 6.28. The summed E-state index contributed by atoms with van der Waals surface area (Å²) in [5.74, 6) is 0.624. The zero-order valence-corrected chi connectivity index (χ0v) is 17.4. The Morgan fingerprint density at radius 3 is 2.62 bits per heavy atom. The number of carbonyl (C=O) groups excluding carboxylic acids is 1. The largest absolute Gasteiger partial charge is 0.493 e. The first-order valence-electron chi connectivity index (χ1n) is 9.37. The van der Waals surface area contributed by atoms with Crippen LogP contribution in [0.25, 0.3) is 0 Å². The van der Waals surface area contributed by atoms with E-state index in [4.69, 9.17) is 19.9 Å². The van der Waals surface area contributed by atoms with Crippen molar-refractivity contribution in [3.05, 3.63) is 59.4 Å². The Morgan fingerprint density at radius 2 is 2.00 bits per heavy atom. The number of nitrogens with zero attached hydrogens (tertiary/aromatic N) is 2. The molecule has 0 spiro atoms. The minimum atomic E-state index is -0.224. The van der Waals surface area contributed by atoms with Crippen LogP contribution in [0.15, 0.2) is 47.6 Å². The summed E-state index contributed by atoms with van der Waals surface area (Å²) in [6, 6.07) is 11.7. The molecule has 1 aliphatic rings. The molecule has 154 valence electrons. The average molecular weight is 416 g/mol. The molecule has 0 radical (unpaired) electrons. The first-order chi connectivity index (χ1) is 14.0. The highest BCUT2D eigenvalue weighted by Gasteiger charge is 2.26.